The van der Waals surface area contributed by atoms with Gasteiger partial charge in [0.05, 0.1) is 5.92 Å². The van der Waals surface area contributed by atoms with Gasteiger partial charge in [-0.1, -0.05) is 19.1 Å². The molecule has 76 valence electrons. The number of carbonyl (C=O) groups is 1. The third kappa shape index (κ3) is 2.76. The van der Waals surface area contributed by atoms with Crippen LogP contribution in [0.1, 0.15) is 18.9 Å². The second kappa shape index (κ2) is 4.65. The van der Waals surface area contributed by atoms with Gasteiger partial charge in [0, 0.05) is 5.69 Å². The fourth-order valence-electron chi connectivity index (χ4n) is 1.34. The average molecular weight is 193 g/mol. The molecule has 0 aromatic heterocycles. The predicted molar refractivity (Wildman–Crippen MR) is 56.0 cm³/mol. The molecular weight excluding hydrogens is 178 g/mol. The highest BCUT2D eigenvalue weighted by atomic mass is 16.4. The maximum absolute atomic E-state index is 10.8. The molecule has 0 aliphatic rings. The van der Waals surface area contributed by atoms with Crippen molar-refractivity contribution in [2.24, 2.45) is 5.92 Å². The molecule has 0 unspecified atom stereocenters. The Morgan fingerprint density at radius 2 is 2.00 bits per heavy atom. The molecule has 0 aliphatic carbocycles. The van der Waals surface area contributed by atoms with E-state index in [1.165, 1.54) is 0 Å². The van der Waals surface area contributed by atoms with Crippen molar-refractivity contribution in [2.45, 2.75) is 19.8 Å². The van der Waals surface area contributed by atoms with Crippen LogP contribution in [-0.2, 0) is 11.2 Å². The standard InChI is InChI=1S/C11H15NO2/c1-2-9(11(13)14)7-8-3-5-10(12)6-4-8/h3-6,9H,2,7,12H2,1H3,(H,13,14)/t9-/m0/s1. The van der Waals surface area contributed by atoms with E-state index in [-0.39, 0.29) is 5.92 Å². The van der Waals surface area contributed by atoms with Gasteiger partial charge in [0.1, 0.15) is 0 Å². The van der Waals surface area contributed by atoms with Crippen molar-refractivity contribution >= 4 is 11.7 Å². The van der Waals surface area contributed by atoms with Gasteiger partial charge < -0.3 is 10.8 Å². The number of carboxylic acid groups (broad SMARTS) is 1. The normalized spacial score (nSPS) is 12.4. The first-order valence-corrected chi connectivity index (χ1v) is 4.70. The average Bonchev–Trinajstić information content (AvgIpc) is 2.16. The Kier molecular flexibility index (Phi) is 3.51. The van der Waals surface area contributed by atoms with E-state index in [0.29, 0.717) is 18.5 Å². The summed E-state index contributed by atoms with van der Waals surface area (Å²) >= 11 is 0. The summed E-state index contributed by atoms with van der Waals surface area (Å²) in [5.74, 6) is -1.03. The molecule has 0 heterocycles. The van der Waals surface area contributed by atoms with Crippen LogP contribution < -0.4 is 5.73 Å². The zero-order valence-electron chi connectivity index (χ0n) is 8.23. The Labute approximate surface area is 83.6 Å². The SMILES string of the molecule is CC[C@@H](Cc1ccc(N)cc1)C(=O)O. The molecule has 0 saturated carbocycles. The van der Waals surface area contributed by atoms with Crippen molar-refractivity contribution < 1.29 is 9.90 Å². The zero-order chi connectivity index (χ0) is 10.6. The van der Waals surface area contributed by atoms with E-state index in [2.05, 4.69) is 0 Å². The van der Waals surface area contributed by atoms with E-state index in [1.807, 2.05) is 19.1 Å². The number of nitrogen functional groups attached to an aromatic ring is 1. The molecule has 0 aliphatic heterocycles. The number of hydrogen-bond donors (Lipinski definition) is 2. The van der Waals surface area contributed by atoms with Crippen LogP contribution in [0.25, 0.3) is 0 Å². The van der Waals surface area contributed by atoms with Gasteiger partial charge in [0.25, 0.3) is 0 Å². The predicted octanol–water partition coefficient (Wildman–Crippen LogP) is 1.92. The van der Waals surface area contributed by atoms with Crippen molar-refractivity contribution in [3.63, 3.8) is 0 Å². The van der Waals surface area contributed by atoms with E-state index in [4.69, 9.17) is 10.8 Å². The van der Waals surface area contributed by atoms with E-state index < -0.39 is 5.97 Å². The van der Waals surface area contributed by atoms with Gasteiger partial charge in [-0.15, -0.1) is 0 Å². The largest absolute Gasteiger partial charge is 0.481 e. The van der Waals surface area contributed by atoms with Crippen molar-refractivity contribution in [3.05, 3.63) is 29.8 Å². The fraction of sp³-hybridized carbons (Fsp3) is 0.364. The molecule has 0 bridgehead atoms. The highest BCUT2D eigenvalue weighted by Gasteiger charge is 2.14. The maximum atomic E-state index is 10.8. The Balaban J connectivity index is 2.67. The van der Waals surface area contributed by atoms with Gasteiger partial charge in [-0.3, -0.25) is 4.79 Å². The Hall–Kier alpha value is -1.51. The number of aliphatic carboxylic acids is 1. The molecule has 0 saturated heterocycles. The molecular formula is C11H15NO2. The van der Waals surface area contributed by atoms with Gasteiger partial charge in [0.15, 0.2) is 0 Å². The van der Waals surface area contributed by atoms with Gasteiger partial charge in [-0.05, 0) is 30.5 Å². The molecule has 0 amide bonds. The number of carboxylic acids is 1. The second-order valence-corrected chi connectivity index (χ2v) is 3.39. The lowest BCUT2D eigenvalue weighted by molar-refractivity contribution is -0.141. The third-order valence-electron chi connectivity index (χ3n) is 2.30. The maximum Gasteiger partial charge on any atom is 0.306 e. The van der Waals surface area contributed by atoms with Gasteiger partial charge in [0.2, 0.25) is 0 Å². The fourth-order valence-corrected chi connectivity index (χ4v) is 1.34. The molecule has 3 heteroatoms. The van der Waals surface area contributed by atoms with Crippen LogP contribution >= 0.6 is 0 Å². The highest BCUT2D eigenvalue weighted by Crippen LogP contribution is 2.13. The summed E-state index contributed by atoms with van der Waals surface area (Å²) in [6.45, 7) is 1.89. The Bertz CT molecular complexity index is 306. The molecule has 1 atom stereocenters. The van der Waals surface area contributed by atoms with Crippen molar-refractivity contribution in [1.29, 1.82) is 0 Å². The lowest BCUT2D eigenvalue weighted by Crippen LogP contribution is -2.15. The summed E-state index contributed by atoms with van der Waals surface area (Å²) < 4.78 is 0. The summed E-state index contributed by atoms with van der Waals surface area (Å²) in [6.07, 6.45) is 1.23. The lowest BCUT2D eigenvalue weighted by Gasteiger charge is -2.09. The highest BCUT2D eigenvalue weighted by molar-refractivity contribution is 5.70. The van der Waals surface area contributed by atoms with Crippen LogP contribution in [0, 0.1) is 5.92 Å². The number of nitrogens with two attached hydrogens (primary N) is 1. The smallest absolute Gasteiger partial charge is 0.306 e. The number of anilines is 1. The number of rotatable bonds is 4. The van der Waals surface area contributed by atoms with Crippen molar-refractivity contribution in [1.82, 2.24) is 0 Å². The first-order chi connectivity index (χ1) is 6.63. The van der Waals surface area contributed by atoms with E-state index >= 15 is 0 Å². The molecule has 3 nitrogen and oxygen atoms in total. The van der Waals surface area contributed by atoms with E-state index in [9.17, 15) is 4.79 Å². The Morgan fingerprint density at radius 1 is 1.43 bits per heavy atom. The van der Waals surface area contributed by atoms with Crippen LogP contribution in [-0.4, -0.2) is 11.1 Å². The zero-order valence-corrected chi connectivity index (χ0v) is 8.23. The molecule has 0 radical (unpaired) electrons. The van der Waals surface area contributed by atoms with Crippen LogP contribution in [0.2, 0.25) is 0 Å². The van der Waals surface area contributed by atoms with Gasteiger partial charge >= 0.3 is 5.97 Å². The van der Waals surface area contributed by atoms with Gasteiger partial charge in [-0.2, -0.15) is 0 Å². The first kappa shape index (κ1) is 10.6. The monoisotopic (exact) mass is 193 g/mol. The van der Waals surface area contributed by atoms with Crippen LogP contribution in [0.3, 0.4) is 0 Å². The number of hydrogen-bond acceptors (Lipinski definition) is 2. The molecule has 1 aromatic rings. The minimum absolute atomic E-state index is 0.293. The topological polar surface area (TPSA) is 63.3 Å². The van der Waals surface area contributed by atoms with E-state index in [0.717, 1.165) is 5.56 Å². The van der Waals surface area contributed by atoms with Crippen LogP contribution in [0.5, 0.6) is 0 Å². The molecule has 1 rings (SSSR count). The van der Waals surface area contributed by atoms with Crippen LogP contribution in [0.4, 0.5) is 5.69 Å². The quantitative estimate of drug-likeness (QED) is 0.718. The minimum Gasteiger partial charge on any atom is -0.481 e. The minimum atomic E-state index is -0.732. The second-order valence-electron chi connectivity index (χ2n) is 3.39. The number of benzene rings is 1. The summed E-state index contributed by atoms with van der Waals surface area (Å²) in [4.78, 5) is 10.8. The Morgan fingerprint density at radius 3 is 2.43 bits per heavy atom. The van der Waals surface area contributed by atoms with Gasteiger partial charge in [-0.25, -0.2) is 0 Å². The summed E-state index contributed by atoms with van der Waals surface area (Å²) in [7, 11) is 0. The lowest BCUT2D eigenvalue weighted by atomic mass is 9.97. The third-order valence-corrected chi connectivity index (χ3v) is 2.30. The summed E-state index contributed by atoms with van der Waals surface area (Å²) in [5, 5.41) is 8.86. The molecule has 1 aromatic carbocycles. The van der Waals surface area contributed by atoms with Crippen LogP contribution in [0.15, 0.2) is 24.3 Å². The van der Waals surface area contributed by atoms with Crippen molar-refractivity contribution in [3.8, 4) is 0 Å². The molecule has 0 spiro atoms. The van der Waals surface area contributed by atoms with Crippen molar-refractivity contribution in [2.75, 3.05) is 5.73 Å². The molecule has 0 fully saturated rings. The van der Waals surface area contributed by atoms with E-state index in [1.54, 1.807) is 12.1 Å². The summed E-state index contributed by atoms with van der Waals surface area (Å²) in [6, 6.07) is 7.34. The molecule has 14 heavy (non-hydrogen) atoms. The molecule has 3 N–H and O–H groups in total. The summed E-state index contributed by atoms with van der Waals surface area (Å²) in [5.41, 5.74) is 7.26. The first-order valence-electron chi connectivity index (χ1n) is 4.70.